The lowest BCUT2D eigenvalue weighted by Crippen LogP contribution is -2.31. The number of fused-ring (bicyclic) bond motifs is 6. The van der Waals surface area contributed by atoms with Gasteiger partial charge in [0.05, 0.1) is 11.1 Å². The monoisotopic (exact) mass is 376 g/mol. The van der Waals surface area contributed by atoms with Crippen molar-refractivity contribution in [1.82, 2.24) is 0 Å². The van der Waals surface area contributed by atoms with Gasteiger partial charge in [-0.15, -0.1) is 0 Å². The van der Waals surface area contributed by atoms with Crippen molar-refractivity contribution in [3.05, 3.63) is 57.6 Å². The maximum Gasteiger partial charge on any atom is 0.234 e. The van der Waals surface area contributed by atoms with E-state index in [4.69, 9.17) is 36.0 Å². The quantitative estimate of drug-likeness (QED) is 0.804. The second-order valence-corrected chi connectivity index (χ2v) is 6.95. The second-order valence-electron chi connectivity index (χ2n) is 6.51. The van der Waals surface area contributed by atoms with Gasteiger partial charge in [0.25, 0.3) is 0 Å². The second kappa shape index (κ2) is 7.45. The van der Waals surface area contributed by atoms with E-state index in [1.54, 1.807) is 0 Å². The van der Waals surface area contributed by atoms with Crippen LogP contribution < -0.4 is 9.47 Å². The predicted octanol–water partition coefficient (Wildman–Crippen LogP) is 3.69. The van der Waals surface area contributed by atoms with E-state index in [0.29, 0.717) is 24.3 Å². The van der Waals surface area contributed by atoms with E-state index >= 15 is 0 Å². The Balaban J connectivity index is 1.72. The first kappa shape index (κ1) is 17.6. The number of benzene rings is 2. The first-order valence-corrected chi connectivity index (χ1v) is 9.23. The summed E-state index contributed by atoms with van der Waals surface area (Å²) < 4.78 is 18.3. The highest BCUT2D eigenvalue weighted by molar-refractivity contribution is 6.30. The summed E-state index contributed by atoms with van der Waals surface area (Å²) in [5.74, 6) is 1.50. The first-order valence-electron chi connectivity index (χ1n) is 8.86. The summed E-state index contributed by atoms with van der Waals surface area (Å²) in [5.41, 5.74) is 3.60. The van der Waals surface area contributed by atoms with E-state index in [0.717, 1.165) is 40.2 Å². The summed E-state index contributed by atoms with van der Waals surface area (Å²) in [6.45, 7) is 0.244. The van der Waals surface area contributed by atoms with Gasteiger partial charge in [-0.2, -0.15) is 0 Å². The standard InChI is InChI=1S/C20H21ClO5/c21-14-10-13(6-3-9-23)18-16(11-14)20-24-17-12(5-2-8-22)4-1-7-15(17)19(25-18)26-20/h1,4,7,10-11,19-20,22-23H,2-3,5-6,8-9H2. The Morgan fingerprint density at radius 3 is 2.23 bits per heavy atom. The van der Waals surface area contributed by atoms with Crippen molar-refractivity contribution < 1.29 is 24.4 Å². The molecule has 0 aromatic heterocycles. The fourth-order valence-corrected chi connectivity index (χ4v) is 3.75. The van der Waals surface area contributed by atoms with E-state index in [2.05, 4.69) is 0 Å². The fraction of sp³-hybridized carbons (Fsp3) is 0.400. The Morgan fingerprint density at radius 2 is 1.50 bits per heavy atom. The molecule has 0 saturated heterocycles. The largest absolute Gasteiger partial charge is 0.459 e. The number of aryl methyl sites for hydroxylation is 2. The predicted molar refractivity (Wildman–Crippen MR) is 96.5 cm³/mol. The fourth-order valence-electron chi connectivity index (χ4n) is 3.50. The molecule has 2 aliphatic heterocycles. The SMILES string of the molecule is OCCCc1cccc2c1OC1OC2Oc2c(CCCO)cc(Cl)cc21. The van der Waals surface area contributed by atoms with Gasteiger partial charge in [0, 0.05) is 18.2 Å². The molecule has 4 rings (SSSR count). The van der Waals surface area contributed by atoms with E-state index in [1.807, 2.05) is 30.3 Å². The molecule has 5 nitrogen and oxygen atoms in total. The van der Waals surface area contributed by atoms with Gasteiger partial charge in [0.2, 0.25) is 12.6 Å². The zero-order chi connectivity index (χ0) is 18.1. The van der Waals surface area contributed by atoms with Crippen LogP contribution in [0.3, 0.4) is 0 Å². The van der Waals surface area contributed by atoms with Crippen LogP contribution >= 0.6 is 11.6 Å². The molecule has 138 valence electrons. The molecular formula is C20H21ClO5. The highest BCUT2D eigenvalue weighted by Crippen LogP contribution is 2.50. The number of rotatable bonds is 6. The average Bonchev–Trinajstić information content (AvgIpc) is 2.65. The molecule has 26 heavy (non-hydrogen) atoms. The topological polar surface area (TPSA) is 68.2 Å². The Morgan fingerprint density at radius 1 is 0.846 bits per heavy atom. The molecule has 2 N–H and O–H groups in total. The van der Waals surface area contributed by atoms with Gasteiger partial charge in [-0.1, -0.05) is 23.7 Å². The van der Waals surface area contributed by atoms with E-state index in [9.17, 15) is 0 Å². The van der Waals surface area contributed by atoms with Crippen molar-refractivity contribution in [2.45, 2.75) is 38.3 Å². The van der Waals surface area contributed by atoms with Crippen LogP contribution in [0, 0.1) is 0 Å². The van der Waals surface area contributed by atoms with Gasteiger partial charge in [-0.25, -0.2) is 0 Å². The minimum atomic E-state index is -0.585. The van der Waals surface area contributed by atoms with Crippen LogP contribution in [0.15, 0.2) is 30.3 Å². The third-order valence-electron chi connectivity index (χ3n) is 4.70. The lowest BCUT2D eigenvalue weighted by molar-refractivity contribution is -0.228. The van der Waals surface area contributed by atoms with Gasteiger partial charge in [-0.05, 0) is 55.0 Å². The molecule has 0 spiro atoms. The molecule has 2 aromatic carbocycles. The van der Waals surface area contributed by atoms with E-state index in [-0.39, 0.29) is 13.2 Å². The van der Waals surface area contributed by atoms with Gasteiger partial charge in [0.15, 0.2) is 0 Å². The van der Waals surface area contributed by atoms with Gasteiger partial charge in [0.1, 0.15) is 11.5 Å². The van der Waals surface area contributed by atoms with E-state index < -0.39 is 12.6 Å². The van der Waals surface area contributed by atoms with Gasteiger partial charge in [-0.3, -0.25) is 4.74 Å². The maximum atomic E-state index is 9.15. The number of para-hydroxylation sites is 1. The van der Waals surface area contributed by atoms with Crippen LogP contribution in [-0.2, 0) is 17.6 Å². The molecule has 2 atom stereocenters. The highest BCUT2D eigenvalue weighted by atomic mass is 35.5. The smallest absolute Gasteiger partial charge is 0.234 e. The number of halogens is 1. The van der Waals surface area contributed by atoms with Crippen LogP contribution in [0.25, 0.3) is 0 Å². The highest BCUT2D eigenvalue weighted by Gasteiger charge is 2.39. The van der Waals surface area contributed by atoms with Crippen molar-refractivity contribution in [3.63, 3.8) is 0 Å². The summed E-state index contributed by atoms with van der Waals surface area (Å²) in [6, 6.07) is 9.57. The summed E-state index contributed by atoms with van der Waals surface area (Å²) >= 11 is 6.28. The molecule has 2 bridgehead atoms. The van der Waals surface area contributed by atoms with Crippen LogP contribution in [0.5, 0.6) is 11.5 Å². The van der Waals surface area contributed by atoms with Crippen molar-refractivity contribution in [2.24, 2.45) is 0 Å². The minimum Gasteiger partial charge on any atom is -0.459 e. The number of aliphatic hydroxyl groups is 2. The molecule has 0 fully saturated rings. The Hall–Kier alpha value is -1.79. The molecule has 6 heteroatoms. The van der Waals surface area contributed by atoms with Gasteiger partial charge < -0.3 is 19.7 Å². The number of hydrogen-bond donors (Lipinski definition) is 2. The molecule has 2 aromatic rings. The molecule has 0 aliphatic carbocycles. The molecule has 0 amide bonds. The van der Waals surface area contributed by atoms with Gasteiger partial charge >= 0.3 is 0 Å². The minimum absolute atomic E-state index is 0.109. The lowest BCUT2D eigenvalue weighted by Gasteiger charge is -2.39. The zero-order valence-electron chi connectivity index (χ0n) is 14.3. The zero-order valence-corrected chi connectivity index (χ0v) is 15.0. The van der Waals surface area contributed by atoms with Crippen molar-refractivity contribution in [2.75, 3.05) is 13.2 Å². The molecule has 2 unspecified atom stereocenters. The molecule has 2 heterocycles. The third kappa shape index (κ3) is 3.16. The summed E-state index contributed by atoms with van der Waals surface area (Å²) in [6.07, 6.45) is 1.57. The molecule has 0 radical (unpaired) electrons. The molecule has 0 saturated carbocycles. The first-order chi connectivity index (χ1) is 12.7. The summed E-state index contributed by atoms with van der Waals surface area (Å²) in [5, 5.41) is 18.9. The number of hydrogen-bond acceptors (Lipinski definition) is 5. The third-order valence-corrected chi connectivity index (χ3v) is 4.92. The van der Waals surface area contributed by atoms with Crippen LogP contribution in [0.2, 0.25) is 5.02 Å². The van der Waals surface area contributed by atoms with Crippen molar-refractivity contribution >= 4 is 11.6 Å². The molecule has 2 aliphatic rings. The maximum absolute atomic E-state index is 9.15. The molecular weight excluding hydrogens is 356 g/mol. The van der Waals surface area contributed by atoms with Crippen molar-refractivity contribution in [1.29, 1.82) is 0 Å². The Labute approximate surface area is 157 Å². The van der Waals surface area contributed by atoms with E-state index in [1.165, 1.54) is 0 Å². The summed E-state index contributed by atoms with van der Waals surface area (Å²) in [4.78, 5) is 0. The normalized spacial score (nSPS) is 20.0. The van der Waals surface area contributed by atoms with Crippen LogP contribution in [0.4, 0.5) is 0 Å². The Bertz CT molecular complexity index is 807. The summed E-state index contributed by atoms with van der Waals surface area (Å²) in [7, 11) is 0. The number of aliphatic hydroxyl groups excluding tert-OH is 2. The van der Waals surface area contributed by atoms with Crippen LogP contribution in [-0.4, -0.2) is 23.4 Å². The van der Waals surface area contributed by atoms with Crippen LogP contribution in [0.1, 0.15) is 47.7 Å². The lowest BCUT2D eigenvalue weighted by atomic mass is 9.99. The average molecular weight is 377 g/mol. The Kier molecular flexibility index (Phi) is 5.05. The number of ether oxygens (including phenoxy) is 3. The van der Waals surface area contributed by atoms with Crippen molar-refractivity contribution in [3.8, 4) is 11.5 Å².